The van der Waals surface area contributed by atoms with Gasteiger partial charge >= 0.3 is 0 Å². The van der Waals surface area contributed by atoms with Crippen LogP contribution in [0.4, 0.5) is 0 Å². The monoisotopic (exact) mass is 176 g/mol. The van der Waals surface area contributed by atoms with Gasteiger partial charge in [-0.3, -0.25) is 0 Å². The Morgan fingerprint density at radius 1 is 1.08 bits per heavy atom. The van der Waals surface area contributed by atoms with E-state index in [1.807, 2.05) is 6.07 Å². The summed E-state index contributed by atoms with van der Waals surface area (Å²) in [4.78, 5) is 0. The lowest BCUT2D eigenvalue weighted by atomic mass is 10.2. The zero-order valence-corrected chi connectivity index (χ0v) is 8.79. The summed E-state index contributed by atoms with van der Waals surface area (Å²) in [6, 6.07) is 10.5. The van der Waals surface area contributed by atoms with Crippen LogP contribution in [-0.4, -0.2) is 0 Å². The summed E-state index contributed by atoms with van der Waals surface area (Å²) in [6.07, 6.45) is 5.58. The molecular formula is C13H20. The van der Waals surface area contributed by atoms with Gasteiger partial charge in [0.25, 0.3) is 0 Å². The predicted octanol–water partition coefficient (Wildman–Crippen LogP) is 4.06. The number of hydrogen-bond acceptors (Lipinski definition) is 0. The maximum Gasteiger partial charge on any atom is -0.0307 e. The normalized spacial score (nSPS) is 14.6. The van der Waals surface area contributed by atoms with Crippen molar-refractivity contribution in [3.63, 3.8) is 0 Å². The van der Waals surface area contributed by atoms with Gasteiger partial charge in [-0.1, -0.05) is 63.4 Å². The van der Waals surface area contributed by atoms with Crippen molar-refractivity contribution in [3.05, 3.63) is 35.9 Å². The van der Waals surface area contributed by atoms with Crippen LogP contribution in [0.5, 0.6) is 0 Å². The largest absolute Gasteiger partial charge is 0.0651 e. The van der Waals surface area contributed by atoms with Gasteiger partial charge in [0.2, 0.25) is 0 Å². The van der Waals surface area contributed by atoms with Gasteiger partial charge in [-0.05, 0) is 17.9 Å². The molecule has 13 heavy (non-hydrogen) atoms. The van der Waals surface area contributed by atoms with Crippen molar-refractivity contribution in [2.75, 3.05) is 0 Å². The highest BCUT2D eigenvalue weighted by Gasteiger charge is 2.17. The minimum absolute atomic E-state index is 1.13. The van der Waals surface area contributed by atoms with Crippen molar-refractivity contribution in [2.24, 2.45) is 5.92 Å². The fourth-order valence-corrected chi connectivity index (χ4v) is 1.24. The maximum absolute atomic E-state index is 2.26. The van der Waals surface area contributed by atoms with Crippen LogP contribution >= 0.6 is 0 Å². The highest BCUT2D eigenvalue weighted by Crippen LogP contribution is 2.31. The van der Waals surface area contributed by atoms with Gasteiger partial charge in [-0.2, -0.15) is 0 Å². The van der Waals surface area contributed by atoms with Crippen LogP contribution in [0, 0.1) is 5.92 Å². The molecule has 1 aliphatic rings. The van der Waals surface area contributed by atoms with Crippen LogP contribution in [-0.2, 0) is 6.42 Å². The molecule has 1 fully saturated rings. The maximum atomic E-state index is 2.26. The first-order valence-corrected chi connectivity index (χ1v) is 5.40. The van der Waals surface area contributed by atoms with Crippen molar-refractivity contribution in [1.82, 2.24) is 0 Å². The third-order valence-corrected chi connectivity index (χ3v) is 2.53. The molecule has 0 bridgehead atoms. The standard InChI is InChI=1S/C8H10.C5H10/c1-2-8-6-4-3-5-7-8;1-2-5-3-4-5/h3-7H,2H2,1H3;5H,2-4H2,1H3. The Balaban J connectivity index is 0.000000145. The molecule has 1 aliphatic carbocycles. The first-order chi connectivity index (χ1) is 6.36. The number of benzene rings is 1. The second-order valence-corrected chi connectivity index (χ2v) is 3.69. The van der Waals surface area contributed by atoms with Gasteiger partial charge in [0.15, 0.2) is 0 Å². The molecule has 0 radical (unpaired) electrons. The van der Waals surface area contributed by atoms with Gasteiger partial charge in [0.1, 0.15) is 0 Å². The Hall–Kier alpha value is -0.780. The summed E-state index contributed by atoms with van der Waals surface area (Å²) in [5.41, 5.74) is 1.41. The highest BCUT2D eigenvalue weighted by molar-refractivity contribution is 5.13. The zero-order valence-electron chi connectivity index (χ0n) is 8.79. The molecule has 2 rings (SSSR count). The molecular weight excluding hydrogens is 156 g/mol. The lowest BCUT2D eigenvalue weighted by molar-refractivity contribution is 0.799. The van der Waals surface area contributed by atoms with Gasteiger partial charge < -0.3 is 0 Å². The summed E-state index contributed by atoms with van der Waals surface area (Å²) < 4.78 is 0. The van der Waals surface area contributed by atoms with Crippen molar-refractivity contribution < 1.29 is 0 Å². The lowest BCUT2D eigenvalue weighted by Gasteiger charge is -1.89. The number of hydrogen-bond donors (Lipinski definition) is 0. The molecule has 0 aromatic heterocycles. The van der Waals surface area contributed by atoms with Crippen LogP contribution in [0.25, 0.3) is 0 Å². The molecule has 0 nitrogen and oxygen atoms in total. The van der Waals surface area contributed by atoms with E-state index in [9.17, 15) is 0 Å². The number of rotatable bonds is 2. The van der Waals surface area contributed by atoms with E-state index in [2.05, 4.69) is 38.1 Å². The van der Waals surface area contributed by atoms with E-state index in [0.29, 0.717) is 0 Å². The van der Waals surface area contributed by atoms with Gasteiger partial charge in [-0.25, -0.2) is 0 Å². The second-order valence-electron chi connectivity index (χ2n) is 3.69. The molecule has 0 N–H and O–H groups in total. The first kappa shape index (κ1) is 10.3. The minimum atomic E-state index is 1.13. The van der Waals surface area contributed by atoms with Crippen molar-refractivity contribution >= 4 is 0 Å². The van der Waals surface area contributed by atoms with Crippen LogP contribution in [0.2, 0.25) is 0 Å². The summed E-state index contributed by atoms with van der Waals surface area (Å²) in [5, 5.41) is 0. The Bertz CT molecular complexity index is 209. The van der Waals surface area contributed by atoms with Crippen LogP contribution < -0.4 is 0 Å². The van der Waals surface area contributed by atoms with E-state index < -0.39 is 0 Å². The zero-order chi connectivity index (χ0) is 9.52. The fourth-order valence-electron chi connectivity index (χ4n) is 1.24. The van der Waals surface area contributed by atoms with Crippen molar-refractivity contribution in [2.45, 2.75) is 39.5 Å². The molecule has 0 amide bonds. The Morgan fingerprint density at radius 3 is 1.92 bits per heavy atom. The summed E-state index contributed by atoms with van der Waals surface area (Å²) >= 11 is 0. The van der Waals surface area contributed by atoms with Gasteiger partial charge in [-0.15, -0.1) is 0 Å². The Labute approximate surface area is 82.0 Å². The molecule has 0 unspecified atom stereocenters. The quantitative estimate of drug-likeness (QED) is 0.637. The molecule has 0 saturated heterocycles. The molecule has 72 valence electrons. The summed E-state index contributed by atoms with van der Waals surface area (Å²) in [5.74, 6) is 1.13. The molecule has 1 saturated carbocycles. The minimum Gasteiger partial charge on any atom is -0.0651 e. The highest BCUT2D eigenvalue weighted by atomic mass is 14.2. The van der Waals surface area contributed by atoms with Crippen molar-refractivity contribution in [1.29, 1.82) is 0 Å². The van der Waals surface area contributed by atoms with E-state index >= 15 is 0 Å². The molecule has 1 aromatic rings. The molecule has 0 heteroatoms. The lowest BCUT2D eigenvalue weighted by Crippen LogP contribution is -1.73. The van der Waals surface area contributed by atoms with Crippen LogP contribution in [0.3, 0.4) is 0 Å². The molecule has 0 atom stereocenters. The van der Waals surface area contributed by atoms with E-state index in [4.69, 9.17) is 0 Å². The summed E-state index contributed by atoms with van der Waals surface area (Å²) in [6.45, 7) is 4.42. The predicted molar refractivity (Wildman–Crippen MR) is 58.8 cm³/mol. The molecule has 0 aliphatic heterocycles. The topological polar surface area (TPSA) is 0 Å². The average Bonchev–Trinajstić information content (AvgIpc) is 3.03. The summed E-state index contributed by atoms with van der Waals surface area (Å²) in [7, 11) is 0. The smallest absolute Gasteiger partial charge is 0.0307 e. The second kappa shape index (κ2) is 5.80. The number of aryl methyl sites for hydroxylation is 1. The SMILES string of the molecule is CCC1CC1.CCc1ccccc1. The Kier molecular flexibility index (Phi) is 4.59. The first-order valence-electron chi connectivity index (χ1n) is 5.40. The van der Waals surface area contributed by atoms with E-state index in [-0.39, 0.29) is 0 Å². The Morgan fingerprint density at radius 2 is 1.69 bits per heavy atom. The molecule has 0 spiro atoms. The third kappa shape index (κ3) is 4.72. The van der Waals surface area contributed by atoms with E-state index in [1.54, 1.807) is 0 Å². The van der Waals surface area contributed by atoms with Gasteiger partial charge in [0.05, 0.1) is 0 Å². The average molecular weight is 176 g/mol. The van der Waals surface area contributed by atoms with Gasteiger partial charge in [0, 0.05) is 0 Å². The fraction of sp³-hybridized carbons (Fsp3) is 0.538. The van der Waals surface area contributed by atoms with Crippen molar-refractivity contribution in [3.8, 4) is 0 Å². The van der Waals surface area contributed by atoms with Crippen LogP contribution in [0.15, 0.2) is 30.3 Å². The van der Waals surface area contributed by atoms with E-state index in [1.165, 1.54) is 24.8 Å². The van der Waals surface area contributed by atoms with E-state index in [0.717, 1.165) is 12.3 Å². The third-order valence-electron chi connectivity index (χ3n) is 2.53. The molecule has 0 heterocycles. The van der Waals surface area contributed by atoms with Crippen LogP contribution in [0.1, 0.15) is 38.7 Å². The molecule has 1 aromatic carbocycles.